The van der Waals surface area contributed by atoms with Gasteiger partial charge in [0, 0.05) is 6.04 Å². The Balaban J connectivity index is 1.25. The van der Waals surface area contributed by atoms with E-state index in [-0.39, 0.29) is 6.04 Å². The van der Waals surface area contributed by atoms with E-state index >= 15 is 0 Å². The molecule has 4 aliphatic carbocycles. The van der Waals surface area contributed by atoms with Crippen molar-refractivity contribution in [2.45, 2.75) is 91.0 Å². The van der Waals surface area contributed by atoms with Crippen LogP contribution in [0.15, 0.2) is 35.9 Å². The Morgan fingerprint density at radius 3 is 2.63 bits per heavy atom. The first-order valence-electron chi connectivity index (χ1n) is 13.0. The fourth-order valence-electron chi connectivity index (χ4n) is 8.42. The van der Waals surface area contributed by atoms with E-state index in [2.05, 4.69) is 51.1 Å². The second-order valence-electron chi connectivity index (χ2n) is 11.9. The largest absolute Gasteiger partial charge is 0.324 e. The molecule has 1 heteroatoms. The summed E-state index contributed by atoms with van der Waals surface area (Å²) in [6.45, 7) is 7.29. The summed E-state index contributed by atoms with van der Waals surface area (Å²) in [5, 5.41) is 0. The molecule has 2 N–H and O–H groups in total. The molecule has 4 aliphatic rings. The normalized spacial score (nSPS) is 41.4. The number of fused-ring (bicyclic) bond motifs is 5. The Bertz CT molecular complexity index is 776. The molecule has 1 aromatic carbocycles. The van der Waals surface area contributed by atoms with Gasteiger partial charge in [0.1, 0.15) is 0 Å². The van der Waals surface area contributed by atoms with E-state index in [0.29, 0.717) is 5.41 Å². The molecule has 0 aromatic heterocycles. The van der Waals surface area contributed by atoms with Crippen molar-refractivity contribution in [3.05, 3.63) is 47.0 Å². The molecule has 3 saturated carbocycles. The smallest absolute Gasteiger partial charge is 0.0294 e. The predicted molar refractivity (Wildman–Crippen MR) is 127 cm³/mol. The Labute approximate surface area is 184 Å². The third-order valence-electron chi connectivity index (χ3n) is 10.2. The van der Waals surface area contributed by atoms with Crippen LogP contribution < -0.4 is 5.73 Å². The van der Waals surface area contributed by atoms with Crippen LogP contribution in [0.25, 0.3) is 0 Å². The molecular formula is C29H43N. The number of aryl methyl sites for hydroxylation is 1. The van der Waals surface area contributed by atoms with Crippen molar-refractivity contribution in [3.63, 3.8) is 0 Å². The highest BCUT2D eigenvalue weighted by Gasteiger charge is 2.55. The summed E-state index contributed by atoms with van der Waals surface area (Å²) in [6.07, 6.45) is 16.8. The standard InChI is InChI=1S/C29H43N/c1-19-4-7-21(8-5-19)28(30)15-11-23-10-14-27-26-13-9-22-18-20(2)6-12-24(22)25(26)16-17-29(23,27)3/h4-5,7-9,20,23-28H,6,10-18,30H2,1-3H3. The molecule has 0 heterocycles. The maximum Gasteiger partial charge on any atom is 0.0294 e. The van der Waals surface area contributed by atoms with Gasteiger partial charge in [-0.3, -0.25) is 0 Å². The molecule has 0 radical (unpaired) electrons. The maximum absolute atomic E-state index is 6.62. The topological polar surface area (TPSA) is 26.0 Å². The second kappa shape index (κ2) is 8.12. The molecule has 0 saturated heterocycles. The fraction of sp³-hybridized carbons (Fsp3) is 0.724. The number of hydrogen-bond donors (Lipinski definition) is 1. The van der Waals surface area contributed by atoms with Gasteiger partial charge in [0.25, 0.3) is 0 Å². The van der Waals surface area contributed by atoms with E-state index in [1.165, 1.54) is 68.9 Å². The first-order chi connectivity index (χ1) is 14.5. The lowest BCUT2D eigenvalue weighted by molar-refractivity contribution is -0.0159. The average Bonchev–Trinajstić information content (AvgIpc) is 3.08. The van der Waals surface area contributed by atoms with Crippen LogP contribution in [0.3, 0.4) is 0 Å². The van der Waals surface area contributed by atoms with Gasteiger partial charge in [-0.2, -0.15) is 0 Å². The van der Waals surface area contributed by atoms with E-state index in [9.17, 15) is 0 Å². The molecule has 1 nitrogen and oxygen atoms in total. The van der Waals surface area contributed by atoms with Crippen LogP contribution in [0.1, 0.15) is 95.2 Å². The van der Waals surface area contributed by atoms with Crippen LogP contribution in [0, 0.1) is 47.8 Å². The van der Waals surface area contributed by atoms with Gasteiger partial charge in [-0.05, 0) is 118 Å². The van der Waals surface area contributed by atoms with Crippen LogP contribution in [0.2, 0.25) is 0 Å². The van der Waals surface area contributed by atoms with Crippen molar-refractivity contribution < 1.29 is 0 Å². The first kappa shape index (κ1) is 20.8. The van der Waals surface area contributed by atoms with Crippen molar-refractivity contribution in [3.8, 4) is 0 Å². The van der Waals surface area contributed by atoms with Gasteiger partial charge in [-0.25, -0.2) is 0 Å². The summed E-state index contributed by atoms with van der Waals surface area (Å²) in [5.74, 6) is 5.70. The minimum absolute atomic E-state index is 0.203. The van der Waals surface area contributed by atoms with Crippen LogP contribution in [-0.4, -0.2) is 0 Å². The first-order valence-corrected chi connectivity index (χ1v) is 13.0. The lowest BCUT2D eigenvalue weighted by atomic mass is 9.51. The quantitative estimate of drug-likeness (QED) is 0.513. The van der Waals surface area contributed by atoms with Gasteiger partial charge < -0.3 is 5.73 Å². The number of allylic oxidation sites excluding steroid dienone is 2. The van der Waals surface area contributed by atoms with Gasteiger partial charge >= 0.3 is 0 Å². The van der Waals surface area contributed by atoms with Crippen molar-refractivity contribution in [2.24, 2.45) is 46.7 Å². The van der Waals surface area contributed by atoms with Crippen molar-refractivity contribution in [2.75, 3.05) is 0 Å². The van der Waals surface area contributed by atoms with Gasteiger partial charge in [0.15, 0.2) is 0 Å². The van der Waals surface area contributed by atoms with E-state index in [1.54, 1.807) is 0 Å². The predicted octanol–water partition coefficient (Wildman–Crippen LogP) is 7.60. The van der Waals surface area contributed by atoms with Crippen molar-refractivity contribution in [1.82, 2.24) is 0 Å². The third kappa shape index (κ3) is 3.60. The summed E-state index contributed by atoms with van der Waals surface area (Å²) in [4.78, 5) is 0. The lowest BCUT2D eigenvalue weighted by Crippen LogP contribution is -2.45. The van der Waals surface area contributed by atoms with Gasteiger partial charge in [-0.1, -0.05) is 55.3 Å². The van der Waals surface area contributed by atoms with E-state index in [4.69, 9.17) is 5.73 Å². The van der Waals surface area contributed by atoms with Crippen molar-refractivity contribution >= 4 is 0 Å². The summed E-state index contributed by atoms with van der Waals surface area (Å²) < 4.78 is 0. The molecule has 0 bridgehead atoms. The minimum atomic E-state index is 0.203. The molecule has 0 aliphatic heterocycles. The Morgan fingerprint density at radius 2 is 1.83 bits per heavy atom. The van der Waals surface area contributed by atoms with Gasteiger partial charge in [0.2, 0.25) is 0 Å². The highest BCUT2D eigenvalue weighted by atomic mass is 14.6. The lowest BCUT2D eigenvalue weighted by Gasteiger charge is -2.54. The monoisotopic (exact) mass is 405 g/mol. The molecule has 3 fully saturated rings. The minimum Gasteiger partial charge on any atom is -0.324 e. The van der Waals surface area contributed by atoms with Gasteiger partial charge in [0.05, 0.1) is 0 Å². The zero-order valence-corrected chi connectivity index (χ0v) is 19.6. The summed E-state index contributed by atoms with van der Waals surface area (Å²) in [6, 6.07) is 9.09. The summed E-state index contributed by atoms with van der Waals surface area (Å²) in [7, 11) is 0. The SMILES string of the molecule is Cc1ccc(C(N)CCC2CCC3C4CC=C5CC(C)CCC5C4CCC23C)cc1. The number of hydrogen-bond acceptors (Lipinski definition) is 1. The second-order valence-corrected chi connectivity index (χ2v) is 11.9. The molecule has 8 atom stereocenters. The summed E-state index contributed by atoms with van der Waals surface area (Å²) >= 11 is 0. The molecule has 1 aromatic rings. The highest BCUT2D eigenvalue weighted by molar-refractivity contribution is 5.24. The molecule has 0 amide bonds. The van der Waals surface area contributed by atoms with Crippen LogP contribution in [-0.2, 0) is 0 Å². The Hall–Kier alpha value is -1.08. The highest BCUT2D eigenvalue weighted by Crippen LogP contribution is 2.64. The molecule has 30 heavy (non-hydrogen) atoms. The van der Waals surface area contributed by atoms with Gasteiger partial charge in [-0.15, -0.1) is 0 Å². The molecular weight excluding hydrogens is 362 g/mol. The zero-order valence-electron chi connectivity index (χ0n) is 19.6. The number of nitrogens with two attached hydrogens (primary N) is 1. The third-order valence-corrected chi connectivity index (χ3v) is 10.2. The number of benzene rings is 1. The van der Waals surface area contributed by atoms with Crippen molar-refractivity contribution in [1.29, 1.82) is 0 Å². The Kier molecular flexibility index (Phi) is 5.63. The van der Waals surface area contributed by atoms with Crippen LogP contribution >= 0.6 is 0 Å². The van der Waals surface area contributed by atoms with Crippen LogP contribution in [0.4, 0.5) is 0 Å². The average molecular weight is 406 g/mol. The van der Waals surface area contributed by atoms with E-state index in [0.717, 1.165) is 41.9 Å². The molecule has 5 rings (SSSR count). The Morgan fingerprint density at radius 1 is 1.03 bits per heavy atom. The van der Waals surface area contributed by atoms with Crippen LogP contribution in [0.5, 0.6) is 0 Å². The maximum atomic E-state index is 6.62. The van der Waals surface area contributed by atoms with E-state index < -0.39 is 0 Å². The van der Waals surface area contributed by atoms with E-state index in [1.807, 2.05) is 5.57 Å². The summed E-state index contributed by atoms with van der Waals surface area (Å²) in [5.41, 5.74) is 11.7. The molecule has 0 spiro atoms. The number of rotatable bonds is 4. The zero-order chi connectivity index (χ0) is 20.9. The molecule has 164 valence electrons. The fourth-order valence-corrected chi connectivity index (χ4v) is 8.42. The molecule has 8 unspecified atom stereocenters.